The molecular weight excluding hydrogens is 300 g/mol. The Labute approximate surface area is 127 Å². The lowest BCUT2D eigenvalue weighted by molar-refractivity contribution is 0.306. The van der Waals surface area contributed by atoms with Gasteiger partial charge in [0.25, 0.3) is 0 Å². The van der Waals surface area contributed by atoms with E-state index >= 15 is 0 Å². The maximum Gasteiger partial charge on any atom is 0.141 e. The van der Waals surface area contributed by atoms with Gasteiger partial charge in [-0.2, -0.15) is 0 Å². The van der Waals surface area contributed by atoms with E-state index in [0.717, 1.165) is 11.1 Å². The monoisotopic (exact) mass is 313 g/mol. The lowest BCUT2D eigenvalue weighted by Gasteiger charge is -2.11. The predicted molar refractivity (Wildman–Crippen MR) is 79.8 cm³/mol. The van der Waals surface area contributed by atoms with E-state index in [9.17, 15) is 4.39 Å². The van der Waals surface area contributed by atoms with Crippen LogP contribution >= 0.6 is 23.2 Å². The molecule has 0 fully saturated rings. The Bertz CT molecular complexity index is 617. The van der Waals surface area contributed by atoms with Crippen LogP contribution in [-0.2, 0) is 6.61 Å². The van der Waals surface area contributed by atoms with Crippen molar-refractivity contribution in [2.45, 2.75) is 19.6 Å². The summed E-state index contributed by atoms with van der Waals surface area (Å²) in [6.45, 7) is 2.14. The first-order valence-electron chi connectivity index (χ1n) is 6.09. The number of ether oxygens (including phenoxy) is 1. The highest BCUT2D eigenvalue weighted by atomic mass is 35.5. The molecule has 0 aliphatic carbocycles. The quantitative estimate of drug-likeness (QED) is 0.885. The van der Waals surface area contributed by atoms with Crippen molar-refractivity contribution in [2.24, 2.45) is 5.73 Å². The van der Waals surface area contributed by atoms with Gasteiger partial charge in [0, 0.05) is 6.04 Å². The van der Waals surface area contributed by atoms with Gasteiger partial charge in [0.2, 0.25) is 0 Å². The molecule has 2 nitrogen and oxygen atoms in total. The van der Waals surface area contributed by atoms with Crippen LogP contribution in [0.3, 0.4) is 0 Å². The molecular formula is C15H14Cl2FNO. The van der Waals surface area contributed by atoms with Crippen molar-refractivity contribution >= 4 is 23.2 Å². The molecule has 1 atom stereocenters. The molecule has 20 heavy (non-hydrogen) atoms. The Balaban J connectivity index is 2.09. The van der Waals surface area contributed by atoms with Gasteiger partial charge in [0.05, 0.1) is 10.0 Å². The largest absolute Gasteiger partial charge is 0.487 e. The van der Waals surface area contributed by atoms with Crippen LogP contribution < -0.4 is 10.5 Å². The minimum Gasteiger partial charge on any atom is -0.487 e. The van der Waals surface area contributed by atoms with Gasteiger partial charge in [-0.3, -0.25) is 0 Å². The number of rotatable bonds is 4. The van der Waals surface area contributed by atoms with Crippen LogP contribution in [0.15, 0.2) is 36.4 Å². The van der Waals surface area contributed by atoms with E-state index in [1.54, 1.807) is 18.2 Å². The van der Waals surface area contributed by atoms with Crippen LogP contribution in [0.5, 0.6) is 5.75 Å². The molecule has 0 saturated heterocycles. The van der Waals surface area contributed by atoms with Crippen molar-refractivity contribution in [3.63, 3.8) is 0 Å². The van der Waals surface area contributed by atoms with Crippen LogP contribution in [0.1, 0.15) is 24.1 Å². The Kier molecular flexibility index (Phi) is 4.86. The molecule has 0 spiro atoms. The molecule has 0 saturated carbocycles. The minimum absolute atomic E-state index is 0.0736. The summed E-state index contributed by atoms with van der Waals surface area (Å²) in [6.07, 6.45) is 0. The second kappa shape index (κ2) is 6.44. The number of halogens is 3. The zero-order chi connectivity index (χ0) is 14.7. The van der Waals surface area contributed by atoms with Gasteiger partial charge in [0.1, 0.15) is 18.2 Å². The summed E-state index contributed by atoms with van der Waals surface area (Å²) in [6, 6.07) is 9.78. The standard InChI is InChI=1S/C15H14Cl2FNO/c1-9(19)11-3-5-15(13(17)7-11)20-8-10-2-4-14(18)12(16)6-10/h2-7,9H,8,19H2,1H3. The van der Waals surface area contributed by atoms with Crippen molar-refractivity contribution in [3.05, 3.63) is 63.4 Å². The molecule has 0 bridgehead atoms. The SMILES string of the molecule is CC(N)c1ccc(OCc2ccc(F)c(Cl)c2)c(Cl)c1. The topological polar surface area (TPSA) is 35.2 Å². The third-order valence-electron chi connectivity index (χ3n) is 2.86. The predicted octanol–water partition coefficient (Wildman–Crippen LogP) is 4.73. The summed E-state index contributed by atoms with van der Waals surface area (Å²) in [7, 11) is 0. The van der Waals surface area contributed by atoms with Gasteiger partial charge in [-0.05, 0) is 42.3 Å². The van der Waals surface area contributed by atoms with E-state index in [4.69, 9.17) is 33.7 Å². The van der Waals surface area contributed by atoms with E-state index in [2.05, 4.69) is 0 Å². The fourth-order valence-electron chi connectivity index (χ4n) is 1.71. The molecule has 2 rings (SSSR count). The maximum atomic E-state index is 13.0. The smallest absolute Gasteiger partial charge is 0.141 e. The molecule has 106 valence electrons. The molecule has 0 aliphatic rings. The first-order valence-corrected chi connectivity index (χ1v) is 6.84. The van der Waals surface area contributed by atoms with Crippen LogP contribution in [0, 0.1) is 5.82 Å². The van der Waals surface area contributed by atoms with E-state index in [1.807, 2.05) is 13.0 Å². The third kappa shape index (κ3) is 3.63. The lowest BCUT2D eigenvalue weighted by Crippen LogP contribution is -2.05. The average molecular weight is 314 g/mol. The molecule has 5 heteroatoms. The van der Waals surface area contributed by atoms with Gasteiger partial charge in [0.15, 0.2) is 0 Å². The molecule has 1 unspecified atom stereocenters. The molecule has 0 amide bonds. The second-order valence-corrected chi connectivity index (χ2v) is 5.33. The highest BCUT2D eigenvalue weighted by Gasteiger charge is 2.07. The van der Waals surface area contributed by atoms with Crippen LogP contribution in [0.25, 0.3) is 0 Å². The summed E-state index contributed by atoms with van der Waals surface area (Å²) >= 11 is 11.8. The highest BCUT2D eigenvalue weighted by Crippen LogP contribution is 2.28. The Morgan fingerprint density at radius 3 is 2.50 bits per heavy atom. The van der Waals surface area contributed by atoms with Gasteiger partial charge in [-0.1, -0.05) is 35.3 Å². The van der Waals surface area contributed by atoms with Crippen molar-refractivity contribution in [1.29, 1.82) is 0 Å². The molecule has 0 radical (unpaired) electrons. The molecule has 2 aromatic rings. The second-order valence-electron chi connectivity index (χ2n) is 4.52. The van der Waals surface area contributed by atoms with Crippen molar-refractivity contribution in [3.8, 4) is 5.75 Å². The van der Waals surface area contributed by atoms with Crippen molar-refractivity contribution in [1.82, 2.24) is 0 Å². The average Bonchev–Trinajstić information content (AvgIpc) is 2.41. The fourth-order valence-corrected chi connectivity index (χ4v) is 2.15. The summed E-state index contributed by atoms with van der Waals surface area (Å²) in [5.74, 6) is 0.103. The van der Waals surface area contributed by atoms with Crippen molar-refractivity contribution in [2.75, 3.05) is 0 Å². The van der Waals surface area contributed by atoms with Crippen LogP contribution in [0.2, 0.25) is 10.0 Å². The molecule has 2 N–H and O–H groups in total. The van der Waals surface area contributed by atoms with Gasteiger partial charge in [-0.25, -0.2) is 4.39 Å². The highest BCUT2D eigenvalue weighted by molar-refractivity contribution is 6.32. The van der Waals surface area contributed by atoms with E-state index in [1.165, 1.54) is 12.1 Å². The van der Waals surface area contributed by atoms with E-state index in [-0.39, 0.29) is 17.7 Å². The summed E-state index contributed by atoms with van der Waals surface area (Å²) in [5.41, 5.74) is 7.48. The third-order valence-corrected chi connectivity index (χ3v) is 3.45. The zero-order valence-corrected chi connectivity index (χ0v) is 12.4. The molecule has 0 heterocycles. The Morgan fingerprint density at radius 2 is 1.90 bits per heavy atom. The van der Waals surface area contributed by atoms with Gasteiger partial charge in [-0.15, -0.1) is 0 Å². The Hall–Kier alpha value is -1.29. The normalized spacial score (nSPS) is 12.2. The molecule has 2 aromatic carbocycles. The van der Waals surface area contributed by atoms with Gasteiger partial charge < -0.3 is 10.5 Å². The summed E-state index contributed by atoms with van der Waals surface area (Å²) in [4.78, 5) is 0. The van der Waals surface area contributed by atoms with Crippen LogP contribution in [-0.4, -0.2) is 0 Å². The summed E-state index contributed by atoms with van der Waals surface area (Å²) < 4.78 is 18.6. The summed E-state index contributed by atoms with van der Waals surface area (Å²) in [5, 5.41) is 0.567. The molecule has 0 aromatic heterocycles. The lowest BCUT2D eigenvalue weighted by atomic mass is 10.1. The number of benzene rings is 2. The van der Waals surface area contributed by atoms with Gasteiger partial charge >= 0.3 is 0 Å². The fraction of sp³-hybridized carbons (Fsp3) is 0.200. The number of hydrogen-bond acceptors (Lipinski definition) is 2. The minimum atomic E-state index is -0.449. The van der Waals surface area contributed by atoms with Crippen molar-refractivity contribution < 1.29 is 9.13 Å². The zero-order valence-electron chi connectivity index (χ0n) is 10.9. The Morgan fingerprint density at radius 1 is 1.15 bits per heavy atom. The van der Waals surface area contributed by atoms with E-state index in [0.29, 0.717) is 10.8 Å². The first-order chi connectivity index (χ1) is 9.47. The van der Waals surface area contributed by atoms with E-state index < -0.39 is 5.82 Å². The van der Waals surface area contributed by atoms with Crippen LogP contribution in [0.4, 0.5) is 4.39 Å². The number of hydrogen-bond donors (Lipinski definition) is 1. The first kappa shape index (κ1) is 15.1. The molecule has 0 aliphatic heterocycles. The maximum absolute atomic E-state index is 13.0. The number of nitrogens with two attached hydrogens (primary N) is 1.